The normalized spacial score (nSPS) is 12.1. The maximum atomic E-state index is 6.27. The molecule has 0 radical (unpaired) electrons. The lowest BCUT2D eigenvalue weighted by molar-refractivity contribution is 0.618. The van der Waals surface area contributed by atoms with E-state index < -0.39 is 0 Å². The Morgan fingerprint density at radius 3 is 2.14 bits per heavy atom. The lowest BCUT2D eigenvalue weighted by atomic mass is 10.0. The Bertz CT molecular complexity index is 1240. The number of benzene rings is 3. The molecule has 29 heavy (non-hydrogen) atoms. The minimum atomic E-state index is 0.510. The average Bonchev–Trinajstić information content (AvgIpc) is 2.70. The van der Waals surface area contributed by atoms with Gasteiger partial charge in [0, 0.05) is 17.0 Å². The predicted octanol–water partition coefficient (Wildman–Crippen LogP) is 7.38. The second kappa shape index (κ2) is 7.71. The molecule has 0 aliphatic heterocycles. The minimum absolute atomic E-state index is 0.510. The van der Waals surface area contributed by atoms with Crippen LogP contribution in [0.4, 0.5) is 5.69 Å². The van der Waals surface area contributed by atoms with E-state index in [2.05, 4.69) is 95.3 Å². The molecule has 0 saturated heterocycles. The Morgan fingerprint density at radius 2 is 1.45 bits per heavy atom. The summed E-state index contributed by atoms with van der Waals surface area (Å²) in [5.41, 5.74) is 7.85. The number of rotatable bonds is 3. The number of aryl methyl sites for hydroxylation is 3. The molecule has 4 rings (SSSR count). The molecule has 0 aliphatic carbocycles. The van der Waals surface area contributed by atoms with Crippen molar-refractivity contribution in [1.29, 1.82) is 0 Å². The summed E-state index contributed by atoms with van der Waals surface area (Å²) in [6.07, 6.45) is 0. The number of hydrogen-bond donors (Lipinski definition) is 0. The molecule has 0 fully saturated rings. The third-order valence-electron chi connectivity index (χ3n) is 5.35. The van der Waals surface area contributed by atoms with Crippen LogP contribution in [0.5, 0.6) is 0 Å². The van der Waals surface area contributed by atoms with E-state index in [4.69, 9.17) is 9.41 Å². The average molecular weight is 382 g/mol. The van der Waals surface area contributed by atoms with Gasteiger partial charge in [-0.2, -0.15) is 0 Å². The van der Waals surface area contributed by atoms with Gasteiger partial charge >= 0.3 is 0 Å². The first kappa shape index (κ1) is 19.2. The summed E-state index contributed by atoms with van der Waals surface area (Å²) in [5.74, 6) is 1.34. The molecule has 0 N–H and O–H groups in total. The van der Waals surface area contributed by atoms with Crippen LogP contribution in [0.1, 0.15) is 42.0 Å². The summed E-state index contributed by atoms with van der Waals surface area (Å²) in [7, 11) is 0. The topological polar surface area (TPSA) is 25.5 Å². The Labute approximate surface area is 172 Å². The van der Waals surface area contributed by atoms with Crippen molar-refractivity contribution in [1.82, 2.24) is 0 Å². The fourth-order valence-corrected chi connectivity index (χ4v) is 3.61. The smallest absolute Gasteiger partial charge is 0.136 e. The minimum Gasteiger partial charge on any atom is -0.456 e. The number of hydrogen-bond acceptors (Lipinski definition) is 2. The Hall–Kier alpha value is -3.13. The second-order valence-electron chi connectivity index (χ2n) is 8.17. The van der Waals surface area contributed by atoms with Gasteiger partial charge in [0.1, 0.15) is 11.3 Å². The van der Waals surface area contributed by atoms with Crippen LogP contribution in [0.2, 0.25) is 0 Å². The van der Waals surface area contributed by atoms with Crippen molar-refractivity contribution in [2.24, 2.45) is 4.99 Å². The van der Waals surface area contributed by atoms with Gasteiger partial charge in [0.25, 0.3) is 0 Å². The molecule has 3 aromatic carbocycles. The van der Waals surface area contributed by atoms with E-state index >= 15 is 0 Å². The lowest BCUT2D eigenvalue weighted by Crippen LogP contribution is -2.04. The molecule has 1 aromatic heterocycles. The molecule has 2 nitrogen and oxygen atoms in total. The summed E-state index contributed by atoms with van der Waals surface area (Å²) < 4.78 is 6.27. The van der Waals surface area contributed by atoms with E-state index in [1.165, 1.54) is 22.3 Å². The maximum absolute atomic E-state index is 6.27. The van der Waals surface area contributed by atoms with Crippen LogP contribution in [0.25, 0.3) is 22.3 Å². The molecule has 0 unspecified atom stereocenters. The van der Waals surface area contributed by atoms with Gasteiger partial charge in [-0.05, 0) is 56.0 Å². The van der Waals surface area contributed by atoms with Crippen molar-refractivity contribution in [2.45, 2.75) is 40.5 Å². The standard InChI is InChI=1S/C27H27NO/c1-17(2)21-8-10-22(11-9-21)27-16-25(23-15-19(4)7-13-26(23)29-27)28-24-12-6-18(3)14-20(24)5/h6-17H,1-5H3. The highest BCUT2D eigenvalue weighted by atomic mass is 16.3. The van der Waals surface area contributed by atoms with Crippen molar-refractivity contribution in [3.8, 4) is 11.3 Å². The van der Waals surface area contributed by atoms with E-state index in [9.17, 15) is 0 Å². The quantitative estimate of drug-likeness (QED) is 0.363. The first-order valence-corrected chi connectivity index (χ1v) is 10.2. The van der Waals surface area contributed by atoms with E-state index in [0.717, 1.165) is 33.3 Å². The fourth-order valence-electron chi connectivity index (χ4n) is 3.61. The zero-order valence-corrected chi connectivity index (χ0v) is 17.8. The molecule has 0 saturated carbocycles. The van der Waals surface area contributed by atoms with E-state index in [-0.39, 0.29) is 0 Å². The Morgan fingerprint density at radius 1 is 0.759 bits per heavy atom. The summed E-state index contributed by atoms with van der Waals surface area (Å²) in [5, 5.41) is 1.97. The zero-order chi connectivity index (χ0) is 20.5. The predicted molar refractivity (Wildman–Crippen MR) is 122 cm³/mol. The van der Waals surface area contributed by atoms with Crippen LogP contribution in [0.15, 0.2) is 76.1 Å². The first-order valence-electron chi connectivity index (χ1n) is 10.2. The molecule has 2 heteroatoms. The Balaban J connectivity index is 1.94. The van der Waals surface area contributed by atoms with Gasteiger partial charge in [0.05, 0.1) is 11.0 Å². The molecule has 1 heterocycles. The van der Waals surface area contributed by atoms with Crippen molar-refractivity contribution in [3.63, 3.8) is 0 Å². The van der Waals surface area contributed by atoms with E-state index in [1.807, 2.05) is 6.07 Å². The van der Waals surface area contributed by atoms with Gasteiger partial charge < -0.3 is 4.42 Å². The number of nitrogens with zero attached hydrogens (tertiary/aromatic N) is 1. The van der Waals surface area contributed by atoms with Gasteiger partial charge in [-0.15, -0.1) is 0 Å². The first-order chi connectivity index (χ1) is 13.9. The molecule has 0 bridgehead atoms. The van der Waals surface area contributed by atoms with Crippen molar-refractivity contribution in [2.75, 3.05) is 0 Å². The fraction of sp³-hybridized carbons (Fsp3) is 0.222. The molecule has 0 amide bonds. The summed E-state index contributed by atoms with van der Waals surface area (Å²) in [6.45, 7) is 10.7. The second-order valence-corrected chi connectivity index (χ2v) is 8.17. The third-order valence-corrected chi connectivity index (χ3v) is 5.35. The lowest BCUT2D eigenvalue weighted by Gasteiger charge is -2.09. The maximum Gasteiger partial charge on any atom is 0.136 e. The van der Waals surface area contributed by atoms with Crippen LogP contribution in [-0.4, -0.2) is 0 Å². The van der Waals surface area contributed by atoms with Gasteiger partial charge in [-0.3, -0.25) is 0 Å². The Kier molecular flexibility index (Phi) is 5.10. The molecule has 4 aromatic rings. The van der Waals surface area contributed by atoms with E-state index in [0.29, 0.717) is 5.92 Å². The molecule has 0 spiro atoms. The third kappa shape index (κ3) is 4.02. The van der Waals surface area contributed by atoms with Crippen LogP contribution in [0.3, 0.4) is 0 Å². The van der Waals surface area contributed by atoms with Gasteiger partial charge in [0.2, 0.25) is 0 Å². The molecule has 0 atom stereocenters. The van der Waals surface area contributed by atoms with Crippen molar-refractivity contribution >= 4 is 16.7 Å². The molecule has 146 valence electrons. The van der Waals surface area contributed by atoms with Crippen LogP contribution in [0, 0.1) is 20.8 Å². The van der Waals surface area contributed by atoms with Crippen LogP contribution in [-0.2, 0) is 0 Å². The van der Waals surface area contributed by atoms with Gasteiger partial charge in [-0.25, -0.2) is 4.99 Å². The van der Waals surface area contributed by atoms with Gasteiger partial charge in [-0.1, -0.05) is 67.4 Å². The molecular weight excluding hydrogens is 354 g/mol. The highest BCUT2D eigenvalue weighted by Gasteiger charge is 2.08. The molecular formula is C27H27NO. The zero-order valence-electron chi connectivity index (χ0n) is 17.8. The summed E-state index contributed by atoms with van der Waals surface area (Å²) in [4.78, 5) is 5.02. The van der Waals surface area contributed by atoms with Crippen molar-refractivity contribution < 1.29 is 4.42 Å². The SMILES string of the molecule is Cc1ccc(N=c2cc(-c3ccc(C(C)C)cc3)oc3ccc(C)cc23)c(C)c1. The van der Waals surface area contributed by atoms with Gasteiger partial charge in [0.15, 0.2) is 0 Å². The molecule has 0 aliphatic rings. The van der Waals surface area contributed by atoms with Crippen molar-refractivity contribution in [3.05, 3.63) is 94.3 Å². The van der Waals surface area contributed by atoms with E-state index in [1.54, 1.807) is 0 Å². The number of fused-ring (bicyclic) bond motifs is 1. The highest BCUT2D eigenvalue weighted by molar-refractivity contribution is 5.79. The monoisotopic (exact) mass is 381 g/mol. The summed E-state index contributed by atoms with van der Waals surface area (Å²) in [6, 6.07) is 23.3. The largest absolute Gasteiger partial charge is 0.456 e. The highest BCUT2D eigenvalue weighted by Crippen LogP contribution is 2.26. The van der Waals surface area contributed by atoms with Crippen LogP contribution < -0.4 is 5.36 Å². The van der Waals surface area contributed by atoms with Crippen LogP contribution >= 0.6 is 0 Å². The summed E-state index contributed by atoms with van der Waals surface area (Å²) >= 11 is 0.